The van der Waals surface area contributed by atoms with E-state index in [1.807, 2.05) is 13.8 Å². The van der Waals surface area contributed by atoms with E-state index in [9.17, 15) is 13.5 Å². The minimum Gasteiger partial charge on any atom is -0.465 e. The molecule has 2 heterocycles. The Morgan fingerprint density at radius 2 is 2.00 bits per heavy atom. The molecule has 1 aliphatic heterocycles. The van der Waals surface area contributed by atoms with Crippen LogP contribution in [0.15, 0.2) is 9.31 Å². The molecule has 0 saturated carbocycles. The summed E-state index contributed by atoms with van der Waals surface area (Å²) < 4.78 is 38.5. The van der Waals surface area contributed by atoms with E-state index < -0.39 is 10.0 Å². The Hall–Kier alpha value is -0.890. The van der Waals surface area contributed by atoms with Crippen LogP contribution in [0.4, 0.5) is 0 Å². The van der Waals surface area contributed by atoms with Crippen molar-refractivity contribution in [2.24, 2.45) is 0 Å². The molecule has 1 fully saturated rings. The summed E-state index contributed by atoms with van der Waals surface area (Å²) in [4.78, 5) is 0.107. The molecule has 0 bridgehead atoms. The minimum atomic E-state index is -3.71. The molecular formula is C14H23NO5S. The maximum atomic E-state index is 13.0. The summed E-state index contributed by atoms with van der Waals surface area (Å²) in [5.41, 5.74) is 0.349. The Morgan fingerprint density at radius 3 is 2.57 bits per heavy atom. The molecule has 21 heavy (non-hydrogen) atoms. The summed E-state index contributed by atoms with van der Waals surface area (Å²) in [5, 5.41) is 9.48. The minimum absolute atomic E-state index is 0.107. The van der Waals surface area contributed by atoms with Crippen LogP contribution in [0.2, 0.25) is 0 Å². The molecule has 1 aliphatic rings. The lowest BCUT2D eigenvalue weighted by Gasteiger charge is -2.37. The molecule has 7 heteroatoms. The van der Waals surface area contributed by atoms with Gasteiger partial charge in [-0.05, 0) is 27.2 Å². The molecule has 1 saturated heterocycles. The number of hydrogen-bond acceptors (Lipinski definition) is 5. The molecule has 0 amide bonds. The summed E-state index contributed by atoms with van der Waals surface area (Å²) in [5.74, 6) is 0.772. The SMILES string of the molecule is CCC1COC(C)CN1S(=O)(=O)c1c(C)oc(C)c1CO. The Bertz CT molecular complexity index is 607. The first-order valence-electron chi connectivity index (χ1n) is 7.16. The normalized spacial score (nSPS) is 24.4. The lowest BCUT2D eigenvalue weighted by Crippen LogP contribution is -2.51. The molecule has 2 atom stereocenters. The highest BCUT2D eigenvalue weighted by atomic mass is 32.2. The van der Waals surface area contributed by atoms with Gasteiger partial charge in [0.1, 0.15) is 16.4 Å². The summed E-state index contributed by atoms with van der Waals surface area (Å²) >= 11 is 0. The zero-order chi connectivity index (χ0) is 15.8. The van der Waals surface area contributed by atoms with E-state index in [0.717, 1.165) is 0 Å². The zero-order valence-electron chi connectivity index (χ0n) is 12.9. The van der Waals surface area contributed by atoms with Crippen molar-refractivity contribution in [2.45, 2.75) is 57.8 Å². The summed E-state index contributed by atoms with van der Waals surface area (Å²) in [7, 11) is -3.71. The number of sulfonamides is 1. The summed E-state index contributed by atoms with van der Waals surface area (Å²) in [6, 6.07) is -0.188. The Morgan fingerprint density at radius 1 is 1.33 bits per heavy atom. The fourth-order valence-electron chi connectivity index (χ4n) is 2.78. The van der Waals surface area contributed by atoms with Crippen molar-refractivity contribution < 1.29 is 22.7 Å². The van der Waals surface area contributed by atoms with Crippen molar-refractivity contribution in [2.75, 3.05) is 13.2 Å². The van der Waals surface area contributed by atoms with Crippen molar-refractivity contribution >= 4 is 10.0 Å². The topological polar surface area (TPSA) is 80.0 Å². The second kappa shape index (κ2) is 6.08. The molecular weight excluding hydrogens is 294 g/mol. The van der Waals surface area contributed by atoms with Gasteiger partial charge in [-0.25, -0.2) is 8.42 Å². The number of ether oxygens (including phenoxy) is 1. The van der Waals surface area contributed by atoms with E-state index in [2.05, 4.69) is 0 Å². The molecule has 1 aromatic rings. The first kappa shape index (κ1) is 16.5. The van der Waals surface area contributed by atoms with Gasteiger partial charge in [0, 0.05) is 18.2 Å². The van der Waals surface area contributed by atoms with Crippen LogP contribution in [-0.4, -0.2) is 43.1 Å². The number of nitrogens with zero attached hydrogens (tertiary/aromatic N) is 1. The predicted molar refractivity (Wildman–Crippen MR) is 77.5 cm³/mol. The van der Waals surface area contributed by atoms with Crippen LogP contribution >= 0.6 is 0 Å². The fourth-order valence-corrected chi connectivity index (χ4v) is 4.94. The van der Waals surface area contributed by atoms with Gasteiger partial charge in [-0.3, -0.25) is 0 Å². The van der Waals surface area contributed by atoms with Gasteiger partial charge < -0.3 is 14.3 Å². The number of aliphatic hydroxyl groups is 1. The van der Waals surface area contributed by atoms with Crippen molar-refractivity contribution in [1.82, 2.24) is 4.31 Å². The van der Waals surface area contributed by atoms with E-state index in [-0.39, 0.29) is 23.6 Å². The van der Waals surface area contributed by atoms with Crippen LogP contribution in [0.3, 0.4) is 0 Å². The summed E-state index contributed by atoms with van der Waals surface area (Å²) in [6.45, 7) is 7.42. The molecule has 1 aromatic heterocycles. The fraction of sp³-hybridized carbons (Fsp3) is 0.714. The second-order valence-corrected chi connectivity index (χ2v) is 7.29. The molecule has 0 radical (unpaired) electrons. The second-order valence-electron chi connectivity index (χ2n) is 5.46. The van der Waals surface area contributed by atoms with E-state index in [4.69, 9.17) is 9.15 Å². The van der Waals surface area contributed by atoms with Gasteiger partial charge in [0.05, 0.1) is 19.3 Å². The first-order chi connectivity index (χ1) is 9.82. The van der Waals surface area contributed by atoms with Crippen LogP contribution in [-0.2, 0) is 21.4 Å². The van der Waals surface area contributed by atoms with E-state index >= 15 is 0 Å². The number of hydrogen-bond donors (Lipinski definition) is 1. The average molecular weight is 317 g/mol. The third-order valence-corrected chi connectivity index (χ3v) is 6.05. The predicted octanol–water partition coefficient (Wildman–Crippen LogP) is 1.58. The van der Waals surface area contributed by atoms with Crippen molar-refractivity contribution in [3.63, 3.8) is 0 Å². The molecule has 1 N–H and O–H groups in total. The standard InChI is InChI=1S/C14H23NO5S/c1-5-12-8-19-9(2)6-15(12)21(17,18)14-11(4)20-10(3)13(14)7-16/h9,12,16H,5-8H2,1-4H3. The van der Waals surface area contributed by atoms with Gasteiger partial charge in [0.15, 0.2) is 0 Å². The molecule has 120 valence electrons. The molecule has 0 spiro atoms. The quantitative estimate of drug-likeness (QED) is 0.912. The maximum absolute atomic E-state index is 13.0. The zero-order valence-corrected chi connectivity index (χ0v) is 13.7. The van der Waals surface area contributed by atoms with Gasteiger partial charge in [-0.15, -0.1) is 0 Å². The number of aliphatic hydroxyl groups excluding tert-OH is 1. The number of aryl methyl sites for hydroxylation is 2. The van der Waals surface area contributed by atoms with Gasteiger partial charge in [0.2, 0.25) is 10.0 Å². The van der Waals surface area contributed by atoms with E-state index in [0.29, 0.717) is 36.7 Å². The third-order valence-electron chi connectivity index (χ3n) is 3.94. The lowest BCUT2D eigenvalue weighted by molar-refractivity contribution is -0.0231. The highest BCUT2D eigenvalue weighted by Gasteiger charge is 2.39. The van der Waals surface area contributed by atoms with Crippen molar-refractivity contribution in [1.29, 1.82) is 0 Å². The van der Waals surface area contributed by atoms with Gasteiger partial charge in [-0.1, -0.05) is 6.92 Å². The van der Waals surface area contributed by atoms with Crippen LogP contribution < -0.4 is 0 Å². The van der Waals surface area contributed by atoms with Crippen LogP contribution in [0, 0.1) is 13.8 Å². The molecule has 0 aliphatic carbocycles. The van der Waals surface area contributed by atoms with E-state index in [1.165, 1.54) is 4.31 Å². The van der Waals surface area contributed by atoms with Crippen LogP contribution in [0.5, 0.6) is 0 Å². The Balaban J connectivity index is 2.50. The Labute approximate surface area is 125 Å². The van der Waals surface area contributed by atoms with Gasteiger partial charge in [-0.2, -0.15) is 4.31 Å². The Kier molecular flexibility index (Phi) is 4.77. The van der Waals surface area contributed by atoms with E-state index in [1.54, 1.807) is 13.8 Å². The van der Waals surface area contributed by atoms with Crippen molar-refractivity contribution in [3.8, 4) is 0 Å². The molecule has 2 rings (SSSR count). The highest BCUT2D eigenvalue weighted by Crippen LogP contribution is 2.32. The monoisotopic (exact) mass is 317 g/mol. The molecule has 0 aromatic carbocycles. The number of rotatable bonds is 4. The molecule has 6 nitrogen and oxygen atoms in total. The summed E-state index contributed by atoms with van der Waals surface area (Å²) in [6.07, 6.45) is 0.532. The lowest BCUT2D eigenvalue weighted by atomic mass is 10.2. The number of furan rings is 1. The maximum Gasteiger partial charge on any atom is 0.247 e. The van der Waals surface area contributed by atoms with Crippen LogP contribution in [0.25, 0.3) is 0 Å². The number of morpholine rings is 1. The van der Waals surface area contributed by atoms with Gasteiger partial charge >= 0.3 is 0 Å². The average Bonchev–Trinajstić information content (AvgIpc) is 2.73. The largest absolute Gasteiger partial charge is 0.465 e. The smallest absolute Gasteiger partial charge is 0.247 e. The first-order valence-corrected chi connectivity index (χ1v) is 8.60. The van der Waals surface area contributed by atoms with Crippen molar-refractivity contribution in [3.05, 3.63) is 17.1 Å². The van der Waals surface area contributed by atoms with Gasteiger partial charge in [0.25, 0.3) is 0 Å². The molecule has 2 unspecified atom stereocenters. The third kappa shape index (κ3) is 2.88. The highest BCUT2D eigenvalue weighted by molar-refractivity contribution is 7.89. The van der Waals surface area contributed by atoms with Crippen LogP contribution in [0.1, 0.15) is 37.4 Å².